The van der Waals surface area contributed by atoms with E-state index < -0.39 is 0 Å². The van der Waals surface area contributed by atoms with E-state index in [4.69, 9.17) is 9.47 Å². The van der Waals surface area contributed by atoms with Gasteiger partial charge in [0.1, 0.15) is 19.0 Å². The fraction of sp³-hybridized carbons (Fsp3) is 0.250. The molecule has 1 aliphatic rings. The number of thioether (sulfide) groups is 1. The minimum absolute atomic E-state index is 0.0595. The molecule has 2 aromatic carbocycles. The van der Waals surface area contributed by atoms with Gasteiger partial charge in [0.05, 0.1) is 23.2 Å². The van der Waals surface area contributed by atoms with Crippen molar-refractivity contribution >= 4 is 28.6 Å². The van der Waals surface area contributed by atoms with E-state index in [1.165, 1.54) is 11.8 Å². The number of carbonyl (C=O) groups is 1. The largest absolute Gasteiger partial charge is 0.486 e. The van der Waals surface area contributed by atoms with Crippen molar-refractivity contribution in [3.8, 4) is 11.5 Å². The van der Waals surface area contributed by atoms with E-state index in [0.717, 1.165) is 10.6 Å². The van der Waals surface area contributed by atoms with Crippen LogP contribution in [-0.4, -0.2) is 46.8 Å². The van der Waals surface area contributed by atoms with Crippen LogP contribution in [0.15, 0.2) is 52.2 Å². The molecule has 1 amide bonds. The molecule has 0 saturated heterocycles. The summed E-state index contributed by atoms with van der Waals surface area (Å²) >= 11 is 1.43. The van der Waals surface area contributed by atoms with Gasteiger partial charge in [0.2, 0.25) is 5.91 Å². The summed E-state index contributed by atoms with van der Waals surface area (Å²) in [6.45, 7) is 1.31. The second kappa shape index (κ2) is 7.93. The SMILES string of the molecule is CN(Cc1nc2ccccc2c(=O)[nH]1)C(=O)CSc1ccc2c(c1)OCCO2. The van der Waals surface area contributed by atoms with Crippen molar-refractivity contribution in [2.45, 2.75) is 11.4 Å². The highest BCUT2D eigenvalue weighted by Gasteiger charge is 2.15. The van der Waals surface area contributed by atoms with Gasteiger partial charge in [-0.1, -0.05) is 12.1 Å². The quantitative estimate of drug-likeness (QED) is 0.666. The van der Waals surface area contributed by atoms with E-state index in [9.17, 15) is 9.59 Å². The number of H-pyrrole nitrogens is 1. The van der Waals surface area contributed by atoms with Crippen LogP contribution in [0.3, 0.4) is 0 Å². The number of nitrogens with zero attached hydrogens (tertiary/aromatic N) is 2. The summed E-state index contributed by atoms with van der Waals surface area (Å²) < 4.78 is 11.1. The molecule has 4 rings (SSSR count). The third-order valence-corrected chi connectivity index (χ3v) is 5.33. The summed E-state index contributed by atoms with van der Waals surface area (Å²) in [4.78, 5) is 34.3. The smallest absolute Gasteiger partial charge is 0.258 e. The zero-order chi connectivity index (χ0) is 19.5. The Kier molecular flexibility index (Phi) is 5.21. The van der Waals surface area contributed by atoms with Gasteiger partial charge in [-0.3, -0.25) is 9.59 Å². The van der Waals surface area contributed by atoms with Crippen LogP contribution in [0.5, 0.6) is 11.5 Å². The third kappa shape index (κ3) is 3.96. The summed E-state index contributed by atoms with van der Waals surface area (Å²) in [5, 5.41) is 0.536. The fourth-order valence-electron chi connectivity index (χ4n) is 2.89. The van der Waals surface area contributed by atoms with Crippen LogP contribution in [0.1, 0.15) is 5.82 Å². The number of hydrogen-bond donors (Lipinski definition) is 1. The first kappa shape index (κ1) is 18.4. The molecular formula is C20H19N3O4S. The number of rotatable bonds is 5. The maximum Gasteiger partial charge on any atom is 0.258 e. The molecule has 1 aromatic heterocycles. The standard InChI is InChI=1S/C20H19N3O4S/c1-23(11-18-21-15-5-3-2-4-14(15)20(25)22-18)19(24)12-28-13-6-7-16-17(10-13)27-9-8-26-16/h2-7,10H,8-9,11-12H2,1H3,(H,21,22,25). The summed E-state index contributed by atoms with van der Waals surface area (Å²) in [7, 11) is 1.70. The van der Waals surface area contributed by atoms with Gasteiger partial charge in [-0.2, -0.15) is 0 Å². The number of nitrogens with one attached hydrogen (secondary N) is 1. The lowest BCUT2D eigenvalue weighted by Gasteiger charge is -2.19. The zero-order valence-electron chi connectivity index (χ0n) is 15.3. The van der Waals surface area contributed by atoms with Crippen molar-refractivity contribution in [3.05, 3.63) is 58.6 Å². The first-order valence-corrected chi connectivity index (χ1v) is 9.83. The first-order valence-electron chi connectivity index (χ1n) is 8.84. The molecule has 0 bridgehead atoms. The molecule has 28 heavy (non-hydrogen) atoms. The van der Waals surface area contributed by atoms with Crippen molar-refractivity contribution < 1.29 is 14.3 Å². The predicted octanol–water partition coefficient (Wildman–Crippen LogP) is 2.45. The van der Waals surface area contributed by atoms with E-state index in [-0.39, 0.29) is 23.8 Å². The van der Waals surface area contributed by atoms with Gasteiger partial charge in [0.15, 0.2) is 11.5 Å². The third-order valence-electron chi connectivity index (χ3n) is 4.35. The molecule has 2 heterocycles. The second-order valence-corrected chi connectivity index (χ2v) is 7.42. The molecule has 3 aromatic rings. The summed E-state index contributed by atoms with van der Waals surface area (Å²) in [5.74, 6) is 2.11. The van der Waals surface area contributed by atoms with Crippen LogP contribution in [0, 0.1) is 0 Å². The summed E-state index contributed by atoms with van der Waals surface area (Å²) in [5.41, 5.74) is 0.417. The first-order chi connectivity index (χ1) is 13.6. The predicted molar refractivity (Wildman–Crippen MR) is 107 cm³/mol. The van der Waals surface area contributed by atoms with E-state index in [1.807, 2.05) is 24.3 Å². The minimum Gasteiger partial charge on any atom is -0.486 e. The van der Waals surface area contributed by atoms with Crippen molar-refractivity contribution in [1.82, 2.24) is 14.9 Å². The molecule has 8 heteroatoms. The molecule has 0 saturated carbocycles. The molecule has 0 radical (unpaired) electrons. The Bertz CT molecular complexity index is 1080. The topological polar surface area (TPSA) is 84.5 Å². The Hall–Kier alpha value is -3.00. The van der Waals surface area contributed by atoms with Crippen molar-refractivity contribution in [3.63, 3.8) is 0 Å². The number of carbonyl (C=O) groups excluding carboxylic acids is 1. The van der Waals surface area contributed by atoms with Gasteiger partial charge in [-0.05, 0) is 30.3 Å². The lowest BCUT2D eigenvalue weighted by Crippen LogP contribution is -2.29. The zero-order valence-corrected chi connectivity index (χ0v) is 16.1. The molecular weight excluding hydrogens is 378 g/mol. The average molecular weight is 397 g/mol. The number of para-hydroxylation sites is 1. The van der Waals surface area contributed by atoms with Gasteiger partial charge in [0, 0.05) is 11.9 Å². The summed E-state index contributed by atoms with van der Waals surface area (Å²) in [6.07, 6.45) is 0. The van der Waals surface area contributed by atoms with Gasteiger partial charge >= 0.3 is 0 Å². The van der Waals surface area contributed by atoms with E-state index in [0.29, 0.717) is 35.7 Å². The second-order valence-electron chi connectivity index (χ2n) is 6.37. The number of aromatic nitrogens is 2. The van der Waals surface area contributed by atoms with Crippen LogP contribution < -0.4 is 15.0 Å². The molecule has 1 aliphatic heterocycles. The Morgan fingerprint density at radius 3 is 2.82 bits per heavy atom. The number of fused-ring (bicyclic) bond motifs is 2. The monoisotopic (exact) mass is 397 g/mol. The summed E-state index contributed by atoms with van der Waals surface area (Å²) in [6, 6.07) is 12.8. The molecule has 0 fully saturated rings. The van der Waals surface area contributed by atoms with Crippen LogP contribution >= 0.6 is 11.8 Å². The van der Waals surface area contributed by atoms with Crippen molar-refractivity contribution in [2.75, 3.05) is 26.0 Å². The molecule has 7 nitrogen and oxygen atoms in total. The Morgan fingerprint density at radius 1 is 1.18 bits per heavy atom. The van der Waals surface area contributed by atoms with Gasteiger partial charge in [-0.15, -0.1) is 11.8 Å². The fourth-order valence-corrected chi connectivity index (χ4v) is 3.76. The van der Waals surface area contributed by atoms with Crippen molar-refractivity contribution in [1.29, 1.82) is 0 Å². The molecule has 0 spiro atoms. The van der Waals surface area contributed by atoms with Crippen LogP contribution in [0.25, 0.3) is 10.9 Å². The Labute approximate surface area is 165 Å². The molecule has 0 unspecified atom stereocenters. The highest BCUT2D eigenvalue weighted by atomic mass is 32.2. The van der Waals surface area contributed by atoms with Crippen molar-refractivity contribution in [2.24, 2.45) is 0 Å². The molecule has 1 N–H and O–H groups in total. The lowest BCUT2D eigenvalue weighted by atomic mass is 10.2. The maximum atomic E-state index is 12.5. The van der Waals surface area contributed by atoms with Crippen LogP contribution in [0.2, 0.25) is 0 Å². The average Bonchev–Trinajstić information content (AvgIpc) is 2.72. The Morgan fingerprint density at radius 2 is 1.96 bits per heavy atom. The van der Waals surface area contributed by atoms with E-state index >= 15 is 0 Å². The number of hydrogen-bond acceptors (Lipinski definition) is 6. The van der Waals surface area contributed by atoms with Gasteiger partial charge < -0.3 is 19.4 Å². The maximum absolute atomic E-state index is 12.5. The van der Waals surface area contributed by atoms with E-state index in [2.05, 4.69) is 9.97 Å². The highest BCUT2D eigenvalue weighted by molar-refractivity contribution is 8.00. The highest BCUT2D eigenvalue weighted by Crippen LogP contribution is 2.34. The van der Waals surface area contributed by atoms with Crippen LogP contribution in [0.4, 0.5) is 0 Å². The van der Waals surface area contributed by atoms with Gasteiger partial charge in [0.25, 0.3) is 5.56 Å². The van der Waals surface area contributed by atoms with Gasteiger partial charge in [-0.25, -0.2) is 4.98 Å². The lowest BCUT2D eigenvalue weighted by molar-refractivity contribution is -0.127. The molecule has 0 atom stereocenters. The Balaban J connectivity index is 1.39. The minimum atomic E-state index is -0.202. The number of amides is 1. The van der Waals surface area contributed by atoms with Crippen LogP contribution in [-0.2, 0) is 11.3 Å². The number of ether oxygens (including phenoxy) is 2. The van der Waals surface area contributed by atoms with E-state index in [1.54, 1.807) is 30.1 Å². The normalized spacial score (nSPS) is 12.8. The number of aromatic amines is 1. The molecule has 144 valence electrons. The number of benzene rings is 2. The molecule has 0 aliphatic carbocycles.